The molecule has 2 aliphatic heterocycles. The van der Waals surface area contributed by atoms with Crippen LogP contribution in [-0.4, -0.2) is 77.6 Å². The van der Waals surface area contributed by atoms with Crippen molar-refractivity contribution in [3.63, 3.8) is 0 Å². The molecule has 1 saturated heterocycles. The second-order valence-electron chi connectivity index (χ2n) is 9.02. The van der Waals surface area contributed by atoms with Gasteiger partial charge in [-0.25, -0.2) is 9.55 Å². The van der Waals surface area contributed by atoms with E-state index in [1.165, 1.54) is 10.1 Å². The summed E-state index contributed by atoms with van der Waals surface area (Å²) in [6.45, 7) is 3.95. The Balaban J connectivity index is 1.22. The molecule has 0 saturated carbocycles. The summed E-state index contributed by atoms with van der Waals surface area (Å²) in [5.41, 5.74) is 1.88. The van der Waals surface area contributed by atoms with Gasteiger partial charge in [-0.1, -0.05) is 30.3 Å². The van der Waals surface area contributed by atoms with E-state index in [1.807, 2.05) is 23.1 Å². The first-order valence-electron chi connectivity index (χ1n) is 12.0. The van der Waals surface area contributed by atoms with Gasteiger partial charge < -0.3 is 19.7 Å². The van der Waals surface area contributed by atoms with Gasteiger partial charge in [-0.3, -0.25) is 14.5 Å². The third-order valence-corrected chi connectivity index (χ3v) is 7.11. The van der Waals surface area contributed by atoms with E-state index in [0.717, 1.165) is 19.6 Å². The van der Waals surface area contributed by atoms with Crippen LogP contribution in [-0.2, 0) is 11.3 Å². The summed E-state index contributed by atoms with van der Waals surface area (Å²) in [6.07, 6.45) is 0.666. The number of fused-ring (bicyclic) bond motifs is 3. The van der Waals surface area contributed by atoms with Crippen LogP contribution >= 0.6 is 12.2 Å². The Bertz CT molecular complexity index is 1350. The summed E-state index contributed by atoms with van der Waals surface area (Å²) in [6, 6.07) is 13.3. The van der Waals surface area contributed by atoms with Gasteiger partial charge >= 0.3 is 0 Å². The number of amides is 1. The van der Waals surface area contributed by atoms with Crippen LogP contribution in [0.1, 0.15) is 23.2 Å². The monoisotopic (exact) mass is 507 g/mol. The minimum atomic E-state index is -0.546. The first-order chi connectivity index (χ1) is 17.5. The normalized spacial score (nSPS) is 17.7. The molecule has 10 heteroatoms. The Morgan fingerprint density at radius 1 is 1.08 bits per heavy atom. The van der Waals surface area contributed by atoms with Gasteiger partial charge in [0.15, 0.2) is 11.5 Å². The highest BCUT2D eigenvalue weighted by Crippen LogP contribution is 2.37. The third kappa shape index (κ3) is 4.66. The molecule has 5 rings (SSSR count). The van der Waals surface area contributed by atoms with E-state index in [1.54, 1.807) is 26.4 Å². The van der Waals surface area contributed by atoms with Gasteiger partial charge in [0.1, 0.15) is 11.9 Å². The molecule has 36 heavy (non-hydrogen) atoms. The summed E-state index contributed by atoms with van der Waals surface area (Å²) in [7, 11) is 3.11. The molecule has 1 fully saturated rings. The summed E-state index contributed by atoms with van der Waals surface area (Å²) in [5.74, 6) is 1.51. The van der Waals surface area contributed by atoms with Crippen molar-refractivity contribution in [3.05, 3.63) is 52.8 Å². The van der Waals surface area contributed by atoms with Gasteiger partial charge in [-0.05, 0) is 30.3 Å². The molecule has 0 spiro atoms. The fourth-order valence-corrected chi connectivity index (χ4v) is 5.15. The third-order valence-electron chi connectivity index (χ3n) is 6.84. The zero-order valence-electron chi connectivity index (χ0n) is 20.4. The zero-order chi connectivity index (χ0) is 25.2. The molecule has 188 valence electrons. The van der Waals surface area contributed by atoms with Crippen LogP contribution in [0.2, 0.25) is 0 Å². The second kappa shape index (κ2) is 10.2. The van der Waals surface area contributed by atoms with Crippen LogP contribution in [0.25, 0.3) is 10.9 Å². The summed E-state index contributed by atoms with van der Waals surface area (Å²) in [4.78, 5) is 34.8. The molecule has 1 N–H and O–H groups in total. The van der Waals surface area contributed by atoms with Crippen LogP contribution < -0.4 is 14.8 Å². The highest BCUT2D eigenvalue weighted by Gasteiger charge is 2.33. The summed E-state index contributed by atoms with van der Waals surface area (Å²) >= 11 is 5.41. The second-order valence-corrected chi connectivity index (χ2v) is 9.38. The molecule has 9 nitrogen and oxygen atoms in total. The maximum atomic E-state index is 13.2. The minimum absolute atomic E-state index is 0.0675. The molecule has 3 aromatic rings. The van der Waals surface area contributed by atoms with Crippen molar-refractivity contribution in [2.45, 2.75) is 25.4 Å². The predicted molar refractivity (Wildman–Crippen MR) is 139 cm³/mol. The largest absolute Gasteiger partial charge is 0.493 e. The average molecular weight is 508 g/mol. The molecule has 3 heterocycles. The van der Waals surface area contributed by atoms with Crippen molar-refractivity contribution < 1.29 is 19.1 Å². The predicted octanol–water partition coefficient (Wildman–Crippen LogP) is 3.34. The number of hydrogen-bond donors (Lipinski definition) is 1. The van der Waals surface area contributed by atoms with Crippen molar-refractivity contribution in [2.24, 2.45) is 0 Å². The molecule has 0 radical (unpaired) electrons. The number of carbonyl (C=O) groups excluding carboxylic acids is 2. The fraction of sp³-hybridized carbons (Fsp3) is 0.385. The SMILES string of the molecule is COc1cc2nc(=S)n3c(c2cc1OC)N[C@H](CCC(=O)N1CCN(Cc2ccccc2)CC1)C3=O. The topological polar surface area (TPSA) is 88.9 Å². The van der Waals surface area contributed by atoms with Gasteiger partial charge in [-0.15, -0.1) is 0 Å². The van der Waals surface area contributed by atoms with Crippen LogP contribution in [0.3, 0.4) is 0 Å². The Labute approximate surface area is 214 Å². The number of aromatic nitrogens is 2. The van der Waals surface area contributed by atoms with Gasteiger partial charge in [-0.2, -0.15) is 0 Å². The Morgan fingerprint density at radius 3 is 2.47 bits per heavy atom. The molecule has 2 aromatic carbocycles. The Morgan fingerprint density at radius 2 is 1.78 bits per heavy atom. The molecule has 0 bridgehead atoms. The molecular formula is C26H29N5O4S. The van der Waals surface area contributed by atoms with E-state index in [-0.39, 0.29) is 23.0 Å². The van der Waals surface area contributed by atoms with Crippen molar-refractivity contribution in [3.8, 4) is 11.5 Å². The van der Waals surface area contributed by atoms with Crippen molar-refractivity contribution in [1.29, 1.82) is 0 Å². The van der Waals surface area contributed by atoms with Gasteiger partial charge in [0.25, 0.3) is 5.91 Å². The maximum Gasteiger partial charge on any atom is 0.257 e. The Kier molecular flexibility index (Phi) is 6.88. The molecule has 2 aliphatic rings. The van der Waals surface area contributed by atoms with Crippen molar-refractivity contribution >= 4 is 40.8 Å². The molecular weight excluding hydrogens is 478 g/mol. The van der Waals surface area contributed by atoms with E-state index in [9.17, 15) is 9.59 Å². The van der Waals surface area contributed by atoms with E-state index >= 15 is 0 Å². The van der Waals surface area contributed by atoms with Crippen molar-refractivity contribution in [1.82, 2.24) is 19.4 Å². The lowest BCUT2D eigenvalue weighted by atomic mass is 10.1. The molecule has 1 atom stereocenters. The highest BCUT2D eigenvalue weighted by atomic mass is 32.1. The first-order valence-corrected chi connectivity index (χ1v) is 12.4. The highest BCUT2D eigenvalue weighted by molar-refractivity contribution is 7.71. The smallest absolute Gasteiger partial charge is 0.257 e. The van der Waals surface area contributed by atoms with E-state index < -0.39 is 6.04 Å². The zero-order valence-corrected chi connectivity index (χ0v) is 21.2. The number of hydrogen-bond acceptors (Lipinski definition) is 8. The number of benzene rings is 2. The number of methoxy groups -OCH3 is 2. The summed E-state index contributed by atoms with van der Waals surface area (Å²) < 4.78 is 12.4. The first kappa shape index (κ1) is 24.2. The molecule has 0 unspecified atom stereocenters. The standard InChI is InChI=1S/C26H29N5O4S/c1-34-21-14-18-20(15-22(21)35-2)28-26(36)31-24(18)27-19(25(31)33)8-9-23(32)30-12-10-29(11-13-30)16-17-6-4-3-5-7-17/h3-7,14-15,19,27H,8-13,16H2,1-2H3/t19-/m1/s1. The number of ether oxygens (including phenoxy) is 2. The Hall–Kier alpha value is -3.50. The van der Waals surface area contributed by atoms with Gasteiger partial charge in [0.2, 0.25) is 10.7 Å². The number of anilines is 1. The van der Waals surface area contributed by atoms with E-state index in [4.69, 9.17) is 21.7 Å². The maximum absolute atomic E-state index is 13.2. The van der Waals surface area contributed by atoms with E-state index in [2.05, 4.69) is 27.3 Å². The van der Waals surface area contributed by atoms with Crippen LogP contribution in [0.5, 0.6) is 11.5 Å². The molecule has 1 aromatic heterocycles. The average Bonchev–Trinajstić information content (AvgIpc) is 3.24. The van der Waals surface area contributed by atoms with Crippen LogP contribution in [0, 0.1) is 4.77 Å². The lowest BCUT2D eigenvalue weighted by molar-refractivity contribution is -0.133. The van der Waals surface area contributed by atoms with Gasteiger partial charge in [0, 0.05) is 50.6 Å². The van der Waals surface area contributed by atoms with Crippen LogP contribution in [0.15, 0.2) is 42.5 Å². The number of carbonyl (C=O) groups is 2. The summed E-state index contributed by atoms with van der Waals surface area (Å²) in [5, 5.41) is 3.99. The molecule has 1 amide bonds. The fourth-order valence-electron chi connectivity index (χ4n) is 4.87. The molecule has 0 aliphatic carbocycles. The minimum Gasteiger partial charge on any atom is -0.493 e. The lowest BCUT2D eigenvalue weighted by Gasteiger charge is -2.35. The lowest BCUT2D eigenvalue weighted by Crippen LogP contribution is -2.48. The van der Waals surface area contributed by atoms with Crippen LogP contribution in [0.4, 0.5) is 5.82 Å². The number of nitrogens with one attached hydrogen (secondary N) is 1. The van der Waals surface area contributed by atoms with Gasteiger partial charge in [0.05, 0.1) is 19.7 Å². The number of rotatable bonds is 7. The number of piperazine rings is 1. The van der Waals surface area contributed by atoms with E-state index in [0.29, 0.717) is 47.7 Å². The number of nitrogens with zero attached hydrogens (tertiary/aromatic N) is 4. The van der Waals surface area contributed by atoms with Crippen molar-refractivity contribution in [2.75, 3.05) is 45.7 Å². The quantitative estimate of drug-likeness (QED) is 0.487.